The summed E-state index contributed by atoms with van der Waals surface area (Å²) in [4.78, 5) is 30.3. The van der Waals surface area contributed by atoms with Crippen molar-refractivity contribution in [3.8, 4) is 0 Å². The van der Waals surface area contributed by atoms with Crippen LogP contribution in [0.4, 0.5) is 0 Å². The van der Waals surface area contributed by atoms with Crippen molar-refractivity contribution in [2.24, 2.45) is 0 Å². The van der Waals surface area contributed by atoms with E-state index < -0.39 is 0 Å². The second-order valence-corrected chi connectivity index (χ2v) is 4.26. The van der Waals surface area contributed by atoms with Crippen molar-refractivity contribution in [3.05, 3.63) is 63.8 Å². The van der Waals surface area contributed by atoms with E-state index in [1.54, 1.807) is 19.3 Å². The van der Waals surface area contributed by atoms with Crippen LogP contribution in [0.5, 0.6) is 0 Å². The van der Waals surface area contributed by atoms with Crippen molar-refractivity contribution >= 4 is 5.91 Å². The minimum Gasteiger partial charge on any atom is -0.364 e. The number of carbonyl (C=O) groups excluding carboxylic acids is 1. The lowest BCUT2D eigenvalue weighted by Crippen LogP contribution is -2.30. The lowest BCUT2D eigenvalue weighted by molar-refractivity contribution is 0.0952. The van der Waals surface area contributed by atoms with Crippen molar-refractivity contribution in [1.29, 1.82) is 0 Å². The Labute approximate surface area is 110 Å². The normalized spacial score (nSPS) is 10.2. The molecule has 0 aliphatic rings. The van der Waals surface area contributed by atoms with Crippen LogP contribution in [0.15, 0.2) is 41.6 Å². The third-order valence-corrected chi connectivity index (χ3v) is 2.72. The number of aromatic nitrogens is 2. The van der Waals surface area contributed by atoms with Crippen molar-refractivity contribution in [1.82, 2.24) is 15.3 Å². The topological polar surface area (TPSA) is 74.8 Å². The van der Waals surface area contributed by atoms with Gasteiger partial charge in [-0.3, -0.25) is 14.6 Å². The van der Waals surface area contributed by atoms with Crippen LogP contribution in [-0.4, -0.2) is 22.4 Å². The molecule has 0 saturated carbocycles. The Balaban J connectivity index is 1.93. The molecule has 0 aliphatic carbocycles. The second kappa shape index (κ2) is 5.95. The summed E-state index contributed by atoms with van der Waals surface area (Å²) in [5, 5.41) is 2.72. The molecule has 5 nitrogen and oxygen atoms in total. The number of hydrogen-bond acceptors (Lipinski definition) is 3. The monoisotopic (exact) mass is 257 g/mol. The highest BCUT2D eigenvalue weighted by molar-refractivity contribution is 5.93. The lowest BCUT2D eigenvalue weighted by Gasteiger charge is -2.05. The van der Waals surface area contributed by atoms with Gasteiger partial charge in [-0.15, -0.1) is 0 Å². The van der Waals surface area contributed by atoms with Crippen LogP contribution >= 0.6 is 0 Å². The number of pyridine rings is 2. The number of hydrogen-bond donors (Lipinski definition) is 2. The van der Waals surface area contributed by atoms with Gasteiger partial charge in [-0.1, -0.05) is 6.07 Å². The molecule has 2 rings (SSSR count). The molecule has 0 unspecified atom stereocenters. The highest BCUT2D eigenvalue weighted by Crippen LogP contribution is 1.96. The van der Waals surface area contributed by atoms with Gasteiger partial charge >= 0.3 is 0 Å². The smallest absolute Gasteiger partial charge is 0.256 e. The number of aromatic amines is 1. The number of aryl methyl sites for hydroxylation is 1. The van der Waals surface area contributed by atoms with Gasteiger partial charge in [0, 0.05) is 36.9 Å². The van der Waals surface area contributed by atoms with Gasteiger partial charge in [0.15, 0.2) is 5.43 Å². The summed E-state index contributed by atoms with van der Waals surface area (Å²) >= 11 is 0. The van der Waals surface area contributed by atoms with Crippen LogP contribution in [-0.2, 0) is 6.42 Å². The Kier molecular flexibility index (Phi) is 4.07. The number of rotatable bonds is 4. The highest BCUT2D eigenvalue weighted by Gasteiger charge is 2.09. The van der Waals surface area contributed by atoms with Crippen molar-refractivity contribution in [2.45, 2.75) is 13.3 Å². The number of amides is 1. The fourth-order valence-electron chi connectivity index (χ4n) is 1.71. The quantitative estimate of drug-likeness (QED) is 0.859. The minimum absolute atomic E-state index is 0.136. The molecule has 0 spiro atoms. The standard InChI is InChI=1S/C14H15N3O2/c1-10-7-13(18)12(9-17-10)14(19)16-6-4-11-3-2-5-15-8-11/h2-3,5,7-9H,4,6H2,1H3,(H,16,19)(H,17,18). The molecule has 0 bridgehead atoms. The maximum absolute atomic E-state index is 11.8. The highest BCUT2D eigenvalue weighted by atomic mass is 16.2. The molecular formula is C14H15N3O2. The molecule has 98 valence electrons. The van der Waals surface area contributed by atoms with E-state index >= 15 is 0 Å². The van der Waals surface area contributed by atoms with Crippen LogP contribution in [0.1, 0.15) is 21.6 Å². The van der Waals surface area contributed by atoms with Gasteiger partial charge in [0.2, 0.25) is 0 Å². The predicted molar refractivity (Wildman–Crippen MR) is 72.1 cm³/mol. The molecule has 0 radical (unpaired) electrons. The third kappa shape index (κ3) is 3.51. The first-order valence-electron chi connectivity index (χ1n) is 6.03. The molecule has 2 heterocycles. The molecule has 2 aromatic rings. The Morgan fingerprint density at radius 2 is 2.32 bits per heavy atom. The maximum Gasteiger partial charge on any atom is 0.256 e. The number of nitrogens with one attached hydrogen (secondary N) is 2. The van der Waals surface area contributed by atoms with Crippen molar-refractivity contribution in [3.63, 3.8) is 0 Å². The second-order valence-electron chi connectivity index (χ2n) is 4.26. The van der Waals surface area contributed by atoms with Crippen molar-refractivity contribution in [2.75, 3.05) is 6.54 Å². The fourth-order valence-corrected chi connectivity index (χ4v) is 1.71. The Bertz CT molecular complexity index is 620. The lowest BCUT2D eigenvalue weighted by atomic mass is 10.2. The molecule has 2 aromatic heterocycles. The van der Waals surface area contributed by atoms with Crippen molar-refractivity contribution < 1.29 is 4.79 Å². The molecular weight excluding hydrogens is 242 g/mol. The SMILES string of the molecule is Cc1cc(=O)c(C(=O)NCCc2cccnc2)c[nH]1. The molecule has 2 N–H and O–H groups in total. The summed E-state index contributed by atoms with van der Waals surface area (Å²) in [5.74, 6) is -0.356. The van der Waals surface area contributed by atoms with Crippen LogP contribution in [0, 0.1) is 6.92 Å². The minimum atomic E-state index is -0.356. The summed E-state index contributed by atoms with van der Waals surface area (Å²) in [6.07, 6.45) is 5.58. The summed E-state index contributed by atoms with van der Waals surface area (Å²) in [6.45, 7) is 2.24. The molecule has 0 aromatic carbocycles. The summed E-state index contributed by atoms with van der Waals surface area (Å²) in [5.41, 5.74) is 1.64. The van der Waals surface area contributed by atoms with Gasteiger partial charge in [-0.25, -0.2) is 0 Å². The first-order chi connectivity index (χ1) is 9.16. The van der Waals surface area contributed by atoms with Gasteiger partial charge in [0.1, 0.15) is 5.56 Å². The van der Waals surface area contributed by atoms with E-state index in [2.05, 4.69) is 15.3 Å². The van der Waals surface area contributed by atoms with E-state index in [4.69, 9.17) is 0 Å². The van der Waals surface area contributed by atoms with Crippen LogP contribution in [0.25, 0.3) is 0 Å². The van der Waals surface area contributed by atoms with Gasteiger partial charge in [0.25, 0.3) is 5.91 Å². The first-order valence-corrected chi connectivity index (χ1v) is 6.03. The van der Waals surface area contributed by atoms with E-state index in [9.17, 15) is 9.59 Å². The molecule has 5 heteroatoms. The first kappa shape index (κ1) is 13.0. The zero-order valence-corrected chi connectivity index (χ0v) is 10.6. The van der Waals surface area contributed by atoms with E-state index in [0.717, 1.165) is 11.3 Å². The zero-order valence-electron chi connectivity index (χ0n) is 10.6. The fraction of sp³-hybridized carbons (Fsp3) is 0.214. The summed E-state index contributed by atoms with van der Waals surface area (Å²) < 4.78 is 0. The number of nitrogens with zero attached hydrogens (tertiary/aromatic N) is 1. The molecule has 19 heavy (non-hydrogen) atoms. The Hall–Kier alpha value is -2.43. The van der Waals surface area contributed by atoms with Crippen LogP contribution in [0.3, 0.4) is 0 Å². The van der Waals surface area contributed by atoms with Gasteiger partial charge in [-0.05, 0) is 25.0 Å². The molecule has 0 atom stereocenters. The average Bonchev–Trinajstić information content (AvgIpc) is 2.39. The van der Waals surface area contributed by atoms with Crippen LogP contribution in [0.2, 0.25) is 0 Å². The van der Waals surface area contributed by atoms with E-state index in [1.165, 1.54) is 12.3 Å². The van der Waals surface area contributed by atoms with E-state index in [1.807, 2.05) is 12.1 Å². The van der Waals surface area contributed by atoms with Gasteiger partial charge in [-0.2, -0.15) is 0 Å². The average molecular weight is 257 g/mol. The number of carbonyl (C=O) groups is 1. The molecule has 0 aliphatic heterocycles. The Morgan fingerprint density at radius 1 is 1.47 bits per heavy atom. The largest absolute Gasteiger partial charge is 0.364 e. The van der Waals surface area contributed by atoms with Gasteiger partial charge < -0.3 is 10.3 Å². The maximum atomic E-state index is 11.8. The molecule has 0 fully saturated rings. The van der Waals surface area contributed by atoms with E-state index in [-0.39, 0.29) is 16.9 Å². The van der Waals surface area contributed by atoms with E-state index in [0.29, 0.717) is 13.0 Å². The molecule has 1 amide bonds. The summed E-state index contributed by atoms with van der Waals surface area (Å²) in [7, 11) is 0. The Morgan fingerprint density at radius 3 is 3.00 bits per heavy atom. The zero-order chi connectivity index (χ0) is 13.7. The third-order valence-electron chi connectivity index (χ3n) is 2.72. The van der Waals surface area contributed by atoms with Crippen LogP contribution < -0.4 is 10.7 Å². The number of H-pyrrole nitrogens is 1. The molecule has 0 saturated heterocycles. The van der Waals surface area contributed by atoms with Gasteiger partial charge in [0.05, 0.1) is 0 Å². The predicted octanol–water partition coefficient (Wildman–Crippen LogP) is 1.05. The summed E-state index contributed by atoms with van der Waals surface area (Å²) in [6, 6.07) is 5.20.